The Bertz CT molecular complexity index is 553. The first-order valence-corrected chi connectivity index (χ1v) is 9.38. The zero-order valence-corrected chi connectivity index (χ0v) is 16.4. The first-order chi connectivity index (χ1) is 11.7. The zero-order chi connectivity index (χ0) is 18.1. The van der Waals surface area contributed by atoms with Crippen molar-refractivity contribution < 1.29 is 4.74 Å². The van der Waals surface area contributed by atoms with Gasteiger partial charge in [-0.2, -0.15) is 4.98 Å². The average molecular weight is 348 g/mol. The number of hydrogen-bond acceptors (Lipinski definition) is 6. The molecule has 1 N–H and O–H groups in total. The summed E-state index contributed by atoms with van der Waals surface area (Å²) in [6.07, 6.45) is 0. The summed E-state index contributed by atoms with van der Waals surface area (Å²) >= 11 is 0. The van der Waals surface area contributed by atoms with E-state index in [2.05, 4.69) is 55.8 Å². The van der Waals surface area contributed by atoms with E-state index in [0.29, 0.717) is 0 Å². The lowest BCUT2D eigenvalue weighted by Gasteiger charge is -2.32. The van der Waals surface area contributed by atoms with Crippen molar-refractivity contribution in [3.8, 4) is 0 Å². The van der Waals surface area contributed by atoms with E-state index in [1.54, 1.807) is 0 Å². The Morgan fingerprint density at radius 2 is 1.80 bits per heavy atom. The van der Waals surface area contributed by atoms with E-state index >= 15 is 0 Å². The molecule has 0 saturated carbocycles. The molecular weight excluding hydrogens is 314 g/mol. The number of rotatable bonds is 2. The predicted molar refractivity (Wildman–Crippen MR) is 102 cm³/mol. The molecule has 1 aromatic heterocycles. The summed E-state index contributed by atoms with van der Waals surface area (Å²) in [4.78, 5) is 14.4. The minimum Gasteiger partial charge on any atom is -0.379 e. The highest BCUT2D eigenvalue weighted by Gasteiger charge is 2.29. The van der Waals surface area contributed by atoms with Crippen molar-refractivity contribution in [1.82, 2.24) is 15.3 Å². The molecule has 0 aliphatic carbocycles. The Balaban J connectivity index is 1.87. The monoisotopic (exact) mass is 347 g/mol. The van der Waals surface area contributed by atoms with Crippen LogP contribution in [-0.2, 0) is 4.74 Å². The molecule has 0 spiro atoms. The van der Waals surface area contributed by atoms with Crippen LogP contribution in [0.4, 0.5) is 11.8 Å². The van der Waals surface area contributed by atoms with Crippen LogP contribution in [0.1, 0.15) is 33.4 Å². The fourth-order valence-corrected chi connectivity index (χ4v) is 3.66. The Morgan fingerprint density at radius 3 is 2.60 bits per heavy atom. The van der Waals surface area contributed by atoms with Gasteiger partial charge in [0.1, 0.15) is 5.82 Å². The fourth-order valence-electron chi connectivity index (χ4n) is 3.66. The average Bonchev–Trinajstić information content (AvgIpc) is 2.81. The van der Waals surface area contributed by atoms with Crippen molar-refractivity contribution in [2.75, 3.05) is 62.3 Å². The van der Waals surface area contributed by atoms with Gasteiger partial charge in [0.25, 0.3) is 0 Å². The Labute approximate surface area is 152 Å². The first kappa shape index (κ1) is 18.4. The molecule has 2 aliphatic rings. The molecule has 140 valence electrons. The molecule has 3 rings (SSSR count). The number of aromatic nitrogens is 2. The summed E-state index contributed by atoms with van der Waals surface area (Å²) in [6.45, 7) is 18.5. The molecule has 6 nitrogen and oxygen atoms in total. The summed E-state index contributed by atoms with van der Waals surface area (Å²) in [5.41, 5.74) is 1.37. The van der Waals surface area contributed by atoms with Crippen molar-refractivity contribution in [2.45, 2.75) is 34.6 Å². The molecule has 6 heteroatoms. The number of aryl methyl sites for hydroxylation is 1. The zero-order valence-electron chi connectivity index (χ0n) is 16.4. The van der Waals surface area contributed by atoms with E-state index in [0.717, 1.165) is 69.9 Å². The summed E-state index contributed by atoms with van der Waals surface area (Å²) in [5.74, 6) is 1.88. The lowest BCUT2D eigenvalue weighted by Crippen LogP contribution is -2.38. The summed E-state index contributed by atoms with van der Waals surface area (Å²) in [5, 5.41) is 3.54. The van der Waals surface area contributed by atoms with E-state index in [9.17, 15) is 0 Å². The maximum atomic E-state index is 5.77. The van der Waals surface area contributed by atoms with Gasteiger partial charge >= 0.3 is 0 Å². The molecule has 0 radical (unpaired) electrons. The van der Waals surface area contributed by atoms with Crippen molar-refractivity contribution >= 4 is 11.8 Å². The van der Waals surface area contributed by atoms with Crippen LogP contribution < -0.4 is 15.1 Å². The van der Waals surface area contributed by atoms with E-state index in [1.165, 1.54) is 0 Å². The van der Waals surface area contributed by atoms with Crippen LogP contribution in [0.5, 0.6) is 0 Å². The number of hydrogen-bond donors (Lipinski definition) is 1. The van der Waals surface area contributed by atoms with E-state index in [-0.39, 0.29) is 10.8 Å². The van der Waals surface area contributed by atoms with Gasteiger partial charge in [0.05, 0.1) is 13.2 Å². The van der Waals surface area contributed by atoms with Gasteiger partial charge in [-0.25, -0.2) is 4.98 Å². The van der Waals surface area contributed by atoms with E-state index in [1.807, 2.05) is 0 Å². The third kappa shape index (κ3) is 4.82. The number of nitrogens with one attached hydrogen (secondary N) is 1. The van der Waals surface area contributed by atoms with E-state index in [4.69, 9.17) is 14.7 Å². The largest absolute Gasteiger partial charge is 0.379 e. The maximum absolute atomic E-state index is 5.77. The van der Waals surface area contributed by atoms with Gasteiger partial charge < -0.3 is 19.9 Å². The minimum absolute atomic E-state index is 0.109. The molecule has 3 heterocycles. The van der Waals surface area contributed by atoms with Crippen molar-refractivity contribution in [1.29, 1.82) is 0 Å². The molecule has 25 heavy (non-hydrogen) atoms. The van der Waals surface area contributed by atoms with Gasteiger partial charge in [-0.3, -0.25) is 0 Å². The van der Waals surface area contributed by atoms with Crippen LogP contribution in [0, 0.1) is 17.8 Å². The van der Waals surface area contributed by atoms with Gasteiger partial charge in [-0.1, -0.05) is 27.7 Å². The second kappa shape index (κ2) is 7.08. The lowest BCUT2D eigenvalue weighted by molar-refractivity contribution is 0.0893. The third-order valence-corrected chi connectivity index (χ3v) is 4.83. The molecule has 0 bridgehead atoms. The predicted octanol–water partition coefficient (Wildman–Crippen LogP) is 2.08. The Kier molecular flexibility index (Phi) is 5.21. The van der Waals surface area contributed by atoms with Crippen LogP contribution in [0.2, 0.25) is 0 Å². The molecule has 2 saturated heterocycles. The standard InChI is InChI=1S/C19H33N5O/c1-15-10-16(23-7-6-20-11-18(2,3)12-23)22-17(21-15)24-8-9-25-14-19(4,5)13-24/h10,20H,6-9,11-14H2,1-5H3. The highest BCUT2D eigenvalue weighted by molar-refractivity contribution is 5.46. The second-order valence-electron chi connectivity index (χ2n) is 9.07. The quantitative estimate of drug-likeness (QED) is 0.884. The molecule has 1 aromatic rings. The molecule has 2 aliphatic heterocycles. The lowest BCUT2D eigenvalue weighted by atomic mass is 9.93. The fraction of sp³-hybridized carbons (Fsp3) is 0.789. The highest BCUT2D eigenvalue weighted by atomic mass is 16.5. The van der Waals surface area contributed by atoms with Gasteiger partial charge in [0.2, 0.25) is 5.95 Å². The van der Waals surface area contributed by atoms with Crippen LogP contribution in [0.25, 0.3) is 0 Å². The maximum Gasteiger partial charge on any atom is 0.227 e. The first-order valence-electron chi connectivity index (χ1n) is 9.38. The van der Waals surface area contributed by atoms with Crippen LogP contribution in [0.3, 0.4) is 0 Å². The number of anilines is 2. The van der Waals surface area contributed by atoms with Gasteiger partial charge in [0.15, 0.2) is 0 Å². The minimum atomic E-state index is 0.109. The van der Waals surface area contributed by atoms with Gasteiger partial charge in [-0.15, -0.1) is 0 Å². The molecule has 0 aromatic carbocycles. The normalized spacial score (nSPS) is 23.9. The summed E-state index contributed by atoms with van der Waals surface area (Å²) in [7, 11) is 0. The van der Waals surface area contributed by atoms with E-state index < -0.39 is 0 Å². The number of nitrogens with zero attached hydrogens (tertiary/aromatic N) is 4. The molecule has 0 amide bonds. The summed E-state index contributed by atoms with van der Waals surface area (Å²) < 4.78 is 5.77. The highest BCUT2D eigenvalue weighted by Crippen LogP contribution is 2.27. The topological polar surface area (TPSA) is 53.5 Å². The van der Waals surface area contributed by atoms with Crippen molar-refractivity contribution in [2.24, 2.45) is 10.8 Å². The molecule has 0 unspecified atom stereocenters. The Morgan fingerprint density at radius 1 is 1.04 bits per heavy atom. The molecule has 2 fully saturated rings. The molecule has 0 atom stereocenters. The van der Waals surface area contributed by atoms with Crippen LogP contribution in [0.15, 0.2) is 6.07 Å². The smallest absolute Gasteiger partial charge is 0.227 e. The van der Waals surface area contributed by atoms with Gasteiger partial charge in [-0.05, 0) is 12.3 Å². The van der Waals surface area contributed by atoms with Gasteiger partial charge in [0, 0.05) is 56.4 Å². The van der Waals surface area contributed by atoms with Crippen molar-refractivity contribution in [3.05, 3.63) is 11.8 Å². The van der Waals surface area contributed by atoms with Crippen molar-refractivity contribution in [3.63, 3.8) is 0 Å². The summed E-state index contributed by atoms with van der Waals surface area (Å²) in [6, 6.07) is 2.12. The number of ether oxygens (including phenoxy) is 1. The van der Waals surface area contributed by atoms with Crippen LogP contribution >= 0.6 is 0 Å². The van der Waals surface area contributed by atoms with Crippen LogP contribution in [-0.4, -0.2) is 62.5 Å². The second-order valence-corrected chi connectivity index (χ2v) is 9.07. The molecular formula is C19H33N5O. The SMILES string of the molecule is Cc1cc(N2CCNCC(C)(C)C2)nc(N2CCOCC(C)(C)C2)n1. The third-order valence-electron chi connectivity index (χ3n) is 4.83. The Hall–Kier alpha value is -1.40.